The van der Waals surface area contributed by atoms with Crippen LogP contribution >= 0.6 is 35.0 Å². The lowest BCUT2D eigenvalue weighted by molar-refractivity contribution is -0.113. The van der Waals surface area contributed by atoms with Crippen LogP contribution in [-0.4, -0.2) is 23.3 Å². The number of hydrogen-bond donors (Lipinski definition) is 1. The van der Waals surface area contributed by atoms with Crippen molar-refractivity contribution in [2.75, 3.05) is 12.0 Å². The van der Waals surface area contributed by atoms with Crippen molar-refractivity contribution in [1.29, 1.82) is 0 Å². The first kappa shape index (κ1) is 21.3. The number of nitrogens with zero attached hydrogens (tertiary/aromatic N) is 2. The van der Waals surface area contributed by atoms with Crippen LogP contribution in [0.15, 0.2) is 76.6 Å². The monoisotopic (exact) mass is 470 g/mol. The summed E-state index contributed by atoms with van der Waals surface area (Å²) in [5, 5.41) is 11.5. The van der Waals surface area contributed by atoms with Gasteiger partial charge in [-0.3, -0.25) is 9.69 Å². The highest BCUT2D eigenvalue weighted by atomic mass is 35.5. The van der Waals surface area contributed by atoms with Gasteiger partial charge in [0.2, 0.25) is 0 Å². The molecule has 0 aromatic heterocycles. The van der Waals surface area contributed by atoms with Crippen LogP contribution in [0.1, 0.15) is 5.56 Å². The van der Waals surface area contributed by atoms with E-state index in [-0.39, 0.29) is 11.7 Å². The van der Waals surface area contributed by atoms with Crippen LogP contribution in [0, 0.1) is 0 Å². The van der Waals surface area contributed by atoms with Gasteiger partial charge in [0.25, 0.3) is 5.91 Å². The van der Waals surface area contributed by atoms with Crippen molar-refractivity contribution in [3.05, 3.63) is 87.2 Å². The van der Waals surface area contributed by atoms with E-state index < -0.39 is 0 Å². The van der Waals surface area contributed by atoms with E-state index in [1.54, 1.807) is 71.6 Å². The highest BCUT2D eigenvalue weighted by Crippen LogP contribution is 2.38. The van der Waals surface area contributed by atoms with Crippen molar-refractivity contribution in [2.45, 2.75) is 0 Å². The number of aromatic hydroxyl groups is 1. The molecule has 156 valence electrons. The molecule has 1 aliphatic heterocycles. The Bertz CT molecular complexity index is 1190. The lowest BCUT2D eigenvalue weighted by Gasteiger charge is -2.15. The van der Waals surface area contributed by atoms with Crippen LogP contribution in [0.25, 0.3) is 6.08 Å². The summed E-state index contributed by atoms with van der Waals surface area (Å²) in [6.45, 7) is 0. The van der Waals surface area contributed by atoms with E-state index in [4.69, 9.17) is 27.9 Å². The second kappa shape index (κ2) is 9.06. The smallest absolute Gasteiger partial charge is 0.271 e. The largest absolute Gasteiger partial charge is 0.504 e. The first-order valence-electron chi connectivity index (χ1n) is 9.15. The molecule has 5 nitrogen and oxygen atoms in total. The second-order valence-electron chi connectivity index (χ2n) is 6.53. The molecule has 4 rings (SSSR count). The average Bonchev–Trinajstić information content (AvgIpc) is 3.06. The Balaban J connectivity index is 1.76. The topological polar surface area (TPSA) is 62.1 Å². The number of phenols is 1. The summed E-state index contributed by atoms with van der Waals surface area (Å²) in [4.78, 5) is 20.0. The number of carbonyl (C=O) groups is 1. The van der Waals surface area contributed by atoms with Gasteiger partial charge in [-0.15, -0.1) is 0 Å². The van der Waals surface area contributed by atoms with Gasteiger partial charge in [-0.1, -0.05) is 29.3 Å². The van der Waals surface area contributed by atoms with Crippen molar-refractivity contribution < 1.29 is 14.6 Å². The molecule has 0 aliphatic carbocycles. The standard InChI is InChI=1S/C23H16Cl2N2O3S/c1-30-20-12-14(2-11-19(20)28)13-21-22(29)27(18-9-5-16(25)6-10-18)23(31-21)26-17-7-3-15(24)4-8-17/h2-13,28H,1H3. The van der Waals surface area contributed by atoms with E-state index >= 15 is 0 Å². The Hall–Kier alpha value is -2.93. The molecule has 1 N–H and O–H groups in total. The molecule has 31 heavy (non-hydrogen) atoms. The minimum atomic E-state index is -0.216. The summed E-state index contributed by atoms with van der Waals surface area (Å²) in [7, 11) is 1.47. The van der Waals surface area contributed by atoms with E-state index in [1.807, 2.05) is 0 Å². The number of anilines is 1. The summed E-state index contributed by atoms with van der Waals surface area (Å²) in [6, 6.07) is 18.9. The molecule has 1 saturated heterocycles. The number of carbonyl (C=O) groups excluding carboxylic acids is 1. The minimum absolute atomic E-state index is 0.0304. The maximum Gasteiger partial charge on any atom is 0.271 e. The molecule has 1 heterocycles. The summed E-state index contributed by atoms with van der Waals surface area (Å²) in [6.07, 6.45) is 1.74. The number of benzene rings is 3. The van der Waals surface area contributed by atoms with Gasteiger partial charge >= 0.3 is 0 Å². The first-order chi connectivity index (χ1) is 14.9. The van der Waals surface area contributed by atoms with E-state index in [0.29, 0.717) is 42.8 Å². The number of amides is 1. The van der Waals surface area contributed by atoms with Crippen molar-refractivity contribution in [3.8, 4) is 11.5 Å². The molecule has 0 spiro atoms. The molecule has 0 atom stereocenters. The molecule has 0 bridgehead atoms. The van der Waals surface area contributed by atoms with Gasteiger partial charge in [0.15, 0.2) is 16.7 Å². The van der Waals surface area contributed by atoms with E-state index in [1.165, 1.54) is 24.9 Å². The molecule has 0 radical (unpaired) electrons. The summed E-state index contributed by atoms with van der Waals surface area (Å²) in [5.41, 5.74) is 2.04. The third-order valence-electron chi connectivity index (χ3n) is 4.44. The third kappa shape index (κ3) is 4.71. The Labute approximate surface area is 193 Å². The molecule has 8 heteroatoms. The number of phenolic OH excluding ortho intramolecular Hbond substituents is 1. The zero-order valence-electron chi connectivity index (χ0n) is 16.3. The van der Waals surface area contributed by atoms with Gasteiger partial charge in [0.1, 0.15) is 0 Å². The van der Waals surface area contributed by atoms with Crippen molar-refractivity contribution in [2.24, 2.45) is 4.99 Å². The van der Waals surface area contributed by atoms with Crippen LogP contribution in [0.4, 0.5) is 11.4 Å². The van der Waals surface area contributed by atoms with Gasteiger partial charge in [-0.2, -0.15) is 0 Å². The van der Waals surface area contributed by atoms with Crippen molar-refractivity contribution in [1.82, 2.24) is 0 Å². The SMILES string of the molecule is COc1cc(C=C2SC(=Nc3ccc(Cl)cc3)N(c3ccc(Cl)cc3)C2=O)ccc1O. The van der Waals surface area contributed by atoms with Crippen LogP contribution in [-0.2, 0) is 4.79 Å². The van der Waals surface area contributed by atoms with Gasteiger partial charge in [0, 0.05) is 10.0 Å². The second-order valence-corrected chi connectivity index (χ2v) is 8.41. The Morgan fingerprint density at radius 1 is 1.00 bits per heavy atom. The van der Waals surface area contributed by atoms with Gasteiger partial charge in [-0.05, 0) is 84.1 Å². The lowest BCUT2D eigenvalue weighted by Crippen LogP contribution is -2.28. The highest BCUT2D eigenvalue weighted by Gasteiger charge is 2.34. The number of methoxy groups -OCH3 is 1. The first-order valence-corrected chi connectivity index (χ1v) is 10.7. The molecule has 0 unspecified atom stereocenters. The summed E-state index contributed by atoms with van der Waals surface area (Å²) in [5.74, 6) is 0.143. The lowest BCUT2D eigenvalue weighted by atomic mass is 10.2. The van der Waals surface area contributed by atoms with Gasteiger partial charge in [0.05, 0.1) is 23.4 Å². The fraction of sp³-hybridized carbons (Fsp3) is 0.0435. The summed E-state index contributed by atoms with van der Waals surface area (Å²) < 4.78 is 5.16. The Morgan fingerprint density at radius 3 is 2.29 bits per heavy atom. The number of rotatable bonds is 4. The molecular weight excluding hydrogens is 455 g/mol. The normalized spacial score (nSPS) is 16.4. The number of hydrogen-bond acceptors (Lipinski definition) is 5. The number of halogens is 2. The number of ether oxygens (including phenoxy) is 1. The van der Waals surface area contributed by atoms with Crippen LogP contribution in [0.3, 0.4) is 0 Å². The van der Waals surface area contributed by atoms with E-state index in [0.717, 1.165) is 0 Å². The third-order valence-corrected chi connectivity index (χ3v) is 5.92. The van der Waals surface area contributed by atoms with Gasteiger partial charge in [-0.25, -0.2) is 4.99 Å². The van der Waals surface area contributed by atoms with Crippen molar-refractivity contribution >= 4 is 63.5 Å². The average molecular weight is 471 g/mol. The summed E-state index contributed by atoms with van der Waals surface area (Å²) >= 11 is 13.2. The fourth-order valence-corrected chi connectivity index (χ4v) is 4.18. The number of aliphatic imine (C=N–C) groups is 1. The van der Waals surface area contributed by atoms with E-state index in [9.17, 15) is 9.90 Å². The molecule has 1 fully saturated rings. The molecule has 3 aromatic rings. The van der Waals surface area contributed by atoms with E-state index in [2.05, 4.69) is 4.99 Å². The molecular formula is C23H16Cl2N2O3S. The highest BCUT2D eigenvalue weighted by molar-refractivity contribution is 8.19. The fourth-order valence-electron chi connectivity index (χ4n) is 2.93. The zero-order chi connectivity index (χ0) is 22.0. The van der Waals surface area contributed by atoms with Crippen LogP contribution < -0.4 is 9.64 Å². The quantitative estimate of drug-likeness (QED) is 0.441. The molecule has 1 aliphatic rings. The zero-order valence-corrected chi connectivity index (χ0v) is 18.6. The molecule has 3 aromatic carbocycles. The van der Waals surface area contributed by atoms with Crippen molar-refractivity contribution in [3.63, 3.8) is 0 Å². The Kier molecular flexibility index (Phi) is 6.23. The van der Waals surface area contributed by atoms with Crippen LogP contribution in [0.5, 0.6) is 11.5 Å². The van der Waals surface area contributed by atoms with Crippen LogP contribution in [0.2, 0.25) is 10.0 Å². The number of amidine groups is 1. The predicted octanol–water partition coefficient (Wildman–Crippen LogP) is 6.52. The molecule has 1 amide bonds. The maximum atomic E-state index is 13.3. The predicted molar refractivity (Wildman–Crippen MR) is 128 cm³/mol. The molecule has 0 saturated carbocycles. The number of thioether (sulfide) groups is 1. The van der Waals surface area contributed by atoms with Gasteiger partial charge < -0.3 is 9.84 Å². The Morgan fingerprint density at radius 2 is 1.65 bits per heavy atom. The minimum Gasteiger partial charge on any atom is -0.504 e. The maximum absolute atomic E-state index is 13.3.